The van der Waals surface area contributed by atoms with Crippen molar-refractivity contribution >= 4 is 17.1 Å². The standard InChI is InChI=1S/C40H49N/c1-38(2,3)32-18-24-35(25-19-32)41(36-26-20-33(21-27-36)39(4,5)6)34-22-16-31(17-23-34)37(40(7,8)9)30-14-12-29(13-15-30)28-10-11-28/h12-28,37H,10-11H2,1-9H3. The molecule has 0 spiro atoms. The second-order valence-electron chi connectivity index (χ2n) is 15.3. The van der Waals surface area contributed by atoms with Crippen molar-refractivity contribution in [3.8, 4) is 0 Å². The molecule has 4 aromatic carbocycles. The first kappa shape index (κ1) is 29.2. The fourth-order valence-electron chi connectivity index (χ4n) is 6.05. The van der Waals surface area contributed by atoms with E-state index in [0.29, 0.717) is 5.92 Å². The van der Waals surface area contributed by atoms with Crippen molar-refractivity contribution in [2.45, 2.75) is 97.8 Å². The number of benzene rings is 4. The molecular formula is C40H49N. The fraction of sp³-hybridized carbons (Fsp3) is 0.400. The van der Waals surface area contributed by atoms with E-state index in [0.717, 1.165) is 5.92 Å². The highest BCUT2D eigenvalue weighted by Crippen LogP contribution is 2.44. The van der Waals surface area contributed by atoms with E-state index in [1.807, 2.05) is 0 Å². The van der Waals surface area contributed by atoms with Gasteiger partial charge in [-0.3, -0.25) is 0 Å². The van der Waals surface area contributed by atoms with Gasteiger partial charge in [0.1, 0.15) is 0 Å². The van der Waals surface area contributed by atoms with Gasteiger partial charge in [-0.15, -0.1) is 0 Å². The monoisotopic (exact) mass is 543 g/mol. The molecule has 4 aromatic rings. The Hall–Kier alpha value is -3.32. The zero-order valence-corrected chi connectivity index (χ0v) is 26.8. The van der Waals surface area contributed by atoms with E-state index >= 15 is 0 Å². The van der Waals surface area contributed by atoms with Crippen molar-refractivity contribution in [2.75, 3.05) is 4.90 Å². The van der Waals surface area contributed by atoms with Gasteiger partial charge in [0.2, 0.25) is 0 Å². The van der Waals surface area contributed by atoms with Gasteiger partial charge in [-0.25, -0.2) is 0 Å². The van der Waals surface area contributed by atoms with E-state index in [-0.39, 0.29) is 16.2 Å². The van der Waals surface area contributed by atoms with Gasteiger partial charge in [0.25, 0.3) is 0 Å². The third kappa shape index (κ3) is 6.61. The number of hydrogen-bond donors (Lipinski definition) is 0. The van der Waals surface area contributed by atoms with Crippen molar-refractivity contribution in [3.63, 3.8) is 0 Å². The highest BCUT2D eigenvalue weighted by molar-refractivity contribution is 5.77. The van der Waals surface area contributed by atoms with E-state index in [1.165, 1.54) is 57.7 Å². The van der Waals surface area contributed by atoms with E-state index < -0.39 is 0 Å². The smallest absolute Gasteiger partial charge is 0.0461 e. The molecule has 1 aliphatic rings. The Balaban J connectivity index is 1.53. The molecular weight excluding hydrogens is 494 g/mol. The summed E-state index contributed by atoms with van der Waals surface area (Å²) in [4.78, 5) is 2.39. The van der Waals surface area contributed by atoms with Crippen LogP contribution in [-0.2, 0) is 10.8 Å². The molecule has 1 heteroatoms. The van der Waals surface area contributed by atoms with Crippen LogP contribution in [0.5, 0.6) is 0 Å². The molecule has 1 nitrogen and oxygen atoms in total. The molecule has 0 aliphatic heterocycles. The summed E-state index contributed by atoms with van der Waals surface area (Å²) < 4.78 is 0. The highest BCUT2D eigenvalue weighted by atomic mass is 15.1. The fourth-order valence-corrected chi connectivity index (χ4v) is 6.05. The Morgan fingerprint density at radius 3 is 1.15 bits per heavy atom. The molecule has 0 saturated heterocycles. The maximum absolute atomic E-state index is 2.39. The first-order valence-electron chi connectivity index (χ1n) is 15.4. The molecule has 1 unspecified atom stereocenters. The van der Waals surface area contributed by atoms with Crippen LogP contribution < -0.4 is 4.90 Å². The number of rotatable bonds is 6. The van der Waals surface area contributed by atoms with Gasteiger partial charge in [-0.05, 0) is 99.2 Å². The average Bonchev–Trinajstić information content (AvgIpc) is 3.75. The van der Waals surface area contributed by atoms with E-state index in [2.05, 4.69) is 164 Å². The second-order valence-corrected chi connectivity index (χ2v) is 15.3. The third-order valence-corrected chi connectivity index (χ3v) is 8.65. The third-order valence-electron chi connectivity index (χ3n) is 8.65. The minimum Gasteiger partial charge on any atom is -0.311 e. The Kier molecular flexibility index (Phi) is 7.70. The van der Waals surface area contributed by atoms with Crippen LogP contribution in [0.15, 0.2) is 97.1 Å². The van der Waals surface area contributed by atoms with Gasteiger partial charge in [0.15, 0.2) is 0 Å². The summed E-state index contributed by atoms with van der Waals surface area (Å²) >= 11 is 0. The Bertz CT molecular complexity index is 1370. The van der Waals surface area contributed by atoms with E-state index in [9.17, 15) is 0 Å². The quantitative estimate of drug-likeness (QED) is 0.234. The van der Waals surface area contributed by atoms with E-state index in [1.54, 1.807) is 0 Å². The van der Waals surface area contributed by atoms with Gasteiger partial charge >= 0.3 is 0 Å². The molecule has 0 heterocycles. The van der Waals surface area contributed by atoms with Gasteiger partial charge in [-0.2, -0.15) is 0 Å². The lowest BCUT2D eigenvalue weighted by atomic mass is 9.72. The molecule has 0 aromatic heterocycles. The van der Waals surface area contributed by atoms with Gasteiger partial charge < -0.3 is 4.90 Å². The summed E-state index contributed by atoms with van der Waals surface area (Å²) in [5, 5.41) is 0. The predicted molar refractivity (Wildman–Crippen MR) is 178 cm³/mol. The molecule has 1 aliphatic carbocycles. The lowest BCUT2D eigenvalue weighted by Crippen LogP contribution is -2.20. The van der Waals surface area contributed by atoms with Crippen LogP contribution in [0.25, 0.3) is 0 Å². The Morgan fingerprint density at radius 1 is 0.488 bits per heavy atom. The molecule has 0 radical (unpaired) electrons. The number of nitrogens with zero attached hydrogens (tertiary/aromatic N) is 1. The van der Waals surface area contributed by atoms with Gasteiger partial charge in [0.05, 0.1) is 0 Å². The minimum atomic E-state index is 0.105. The molecule has 1 atom stereocenters. The lowest BCUT2D eigenvalue weighted by Gasteiger charge is -2.33. The summed E-state index contributed by atoms with van der Waals surface area (Å²) in [7, 11) is 0. The Labute approximate surface area is 249 Å². The van der Waals surface area contributed by atoms with Crippen LogP contribution in [-0.4, -0.2) is 0 Å². The SMILES string of the molecule is CC(C)(C)c1ccc(N(c2ccc(C(c3ccc(C4CC4)cc3)C(C)(C)C)cc2)c2ccc(C(C)(C)C)cc2)cc1. The average molecular weight is 544 g/mol. The van der Waals surface area contributed by atoms with Crippen LogP contribution in [0.3, 0.4) is 0 Å². The van der Waals surface area contributed by atoms with Crippen molar-refractivity contribution in [1.29, 1.82) is 0 Å². The molecule has 0 N–H and O–H groups in total. The summed E-state index contributed by atoms with van der Waals surface area (Å²) in [6, 6.07) is 37.0. The van der Waals surface area contributed by atoms with Crippen LogP contribution >= 0.6 is 0 Å². The maximum Gasteiger partial charge on any atom is 0.0461 e. The maximum atomic E-state index is 2.39. The Morgan fingerprint density at radius 2 is 0.829 bits per heavy atom. The van der Waals surface area contributed by atoms with Crippen molar-refractivity contribution in [1.82, 2.24) is 0 Å². The van der Waals surface area contributed by atoms with E-state index in [4.69, 9.17) is 0 Å². The summed E-state index contributed by atoms with van der Waals surface area (Å²) in [6.45, 7) is 20.7. The molecule has 0 amide bonds. The molecule has 214 valence electrons. The normalized spacial score (nSPS) is 15.0. The largest absolute Gasteiger partial charge is 0.311 e. The zero-order valence-electron chi connectivity index (χ0n) is 26.8. The van der Waals surface area contributed by atoms with Crippen molar-refractivity contribution in [3.05, 3.63) is 125 Å². The van der Waals surface area contributed by atoms with Gasteiger partial charge in [0, 0.05) is 23.0 Å². The topological polar surface area (TPSA) is 3.24 Å². The molecule has 5 rings (SSSR count). The van der Waals surface area contributed by atoms with Crippen molar-refractivity contribution < 1.29 is 0 Å². The number of anilines is 3. The summed E-state index contributed by atoms with van der Waals surface area (Å²) in [5.74, 6) is 1.12. The minimum absolute atomic E-state index is 0.105. The van der Waals surface area contributed by atoms with Crippen LogP contribution in [0.2, 0.25) is 0 Å². The van der Waals surface area contributed by atoms with Crippen molar-refractivity contribution in [2.24, 2.45) is 5.41 Å². The molecule has 1 saturated carbocycles. The zero-order chi connectivity index (χ0) is 29.6. The summed E-state index contributed by atoms with van der Waals surface area (Å²) in [6.07, 6.45) is 2.69. The van der Waals surface area contributed by atoms with Crippen LogP contribution in [0, 0.1) is 5.41 Å². The molecule has 1 fully saturated rings. The molecule has 0 bridgehead atoms. The summed E-state index contributed by atoms with van der Waals surface area (Å²) in [5.41, 5.74) is 10.9. The number of hydrogen-bond acceptors (Lipinski definition) is 1. The van der Waals surface area contributed by atoms with Gasteiger partial charge in [-0.1, -0.05) is 123 Å². The molecule has 41 heavy (non-hydrogen) atoms. The lowest BCUT2D eigenvalue weighted by molar-refractivity contribution is 0.358. The first-order chi connectivity index (χ1) is 19.2. The highest BCUT2D eigenvalue weighted by Gasteiger charge is 2.29. The van der Waals surface area contributed by atoms with Crippen LogP contribution in [0.1, 0.15) is 115 Å². The second kappa shape index (κ2) is 10.8. The predicted octanol–water partition coefficient (Wildman–Crippen LogP) is 11.8. The first-order valence-corrected chi connectivity index (χ1v) is 15.4. The van der Waals surface area contributed by atoms with Crippen LogP contribution in [0.4, 0.5) is 17.1 Å².